The number of benzene rings is 1. The van der Waals surface area contributed by atoms with Crippen molar-refractivity contribution in [1.82, 2.24) is 15.5 Å². The Bertz CT molecular complexity index is 932. The van der Waals surface area contributed by atoms with Crippen LogP contribution in [0.4, 0.5) is 0 Å². The number of hydrogen-bond donors (Lipinski definition) is 2. The maximum Gasteiger partial charge on any atom is 0.308 e. The minimum absolute atomic E-state index is 0.131. The van der Waals surface area contributed by atoms with Crippen LogP contribution in [0.5, 0.6) is 5.75 Å². The van der Waals surface area contributed by atoms with Crippen LogP contribution in [0.25, 0.3) is 0 Å². The van der Waals surface area contributed by atoms with Gasteiger partial charge in [0.05, 0.1) is 19.6 Å². The lowest BCUT2D eigenvalue weighted by Crippen LogP contribution is -2.61. The number of thiocarbonyl (C=S) groups is 1. The normalized spacial score (nSPS) is 16.0. The molecule has 2 N–H and O–H groups in total. The predicted octanol–water partition coefficient (Wildman–Crippen LogP) is 3.28. The summed E-state index contributed by atoms with van der Waals surface area (Å²) >= 11 is 5.47. The minimum Gasteiger partial charge on any atom is -0.493 e. The van der Waals surface area contributed by atoms with Gasteiger partial charge < -0.3 is 25.0 Å². The Morgan fingerprint density at radius 2 is 2.00 bits per heavy atom. The van der Waals surface area contributed by atoms with Crippen molar-refractivity contribution in [3.05, 3.63) is 29.3 Å². The number of carbonyl (C=O) groups excluding carboxylic acids is 3. The highest BCUT2D eigenvalue weighted by atomic mass is 32.1. The van der Waals surface area contributed by atoms with Crippen LogP contribution >= 0.6 is 12.2 Å². The zero-order valence-electron chi connectivity index (χ0n) is 21.7. The number of rotatable bonds is 10. The quantitative estimate of drug-likeness (QED) is 0.286. The van der Waals surface area contributed by atoms with Crippen molar-refractivity contribution in [2.75, 3.05) is 26.3 Å². The van der Waals surface area contributed by atoms with Crippen molar-refractivity contribution in [2.24, 2.45) is 11.3 Å². The molecule has 1 aliphatic rings. The monoisotopic (exact) mass is 505 g/mol. The van der Waals surface area contributed by atoms with Crippen LogP contribution in [0.15, 0.2) is 18.2 Å². The van der Waals surface area contributed by atoms with Crippen molar-refractivity contribution in [3.8, 4) is 5.75 Å². The van der Waals surface area contributed by atoms with Crippen molar-refractivity contribution < 1.29 is 23.9 Å². The van der Waals surface area contributed by atoms with E-state index in [2.05, 4.69) is 10.6 Å². The van der Waals surface area contributed by atoms with Crippen LogP contribution in [-0.4, -0.2) is 60.1 Å². The summed E-state index contributed by atoms with van der Waals surface area (Å²) in [5.41, 5.74) is 1.52. The van der Waals surface area contributed by atoms with E-state index in [0.717, 1.165) is 16.9 Å². The van der Waals surface area contributed by atoms with Crippen molar-refractivity contribution in [1.29, 1.82) is 0 Å². The second-order valence-electron chi connectivity index (χ2n) is 10.1. The Hall–Kier alpha value is -2.68. The smallest absolute Gasteiger partial charge is 0.308 e. The lowest BCUT2D eigenvalue weighted by Gasteiger charge is -2.37. The number of amides is 2. The van der Waals surface area contributed by atoms with E-state index < -0.39 is 17.4 Å². The Kier molecular flexibility index (Phi) is 10.5. The van der Waals surface area contributed by atoms with Gasteiger partial charge in [-0.05, 0) is 62.0 Å². The Labute approximate surface area is 214 Å². The van der Waals surface area contributed by atoms with Gasteiger partial charge in [0, 0.05) is 18.5 Å². The average Bonchev–Trinajstić information content (AvgIpc) is 2.78. The van der Waals surface area contributed by atoms with Gasteiger partial charge in [-0.25, -0.2) is 0 Å². The number of ether oxygens (including phenoxy) is 2. The van der Waals surface area contributed by atoms with Crippen LogP contribution in [0.3, 0.4) is 0 Å². The second-order valence-corrected chi connectivity index (χ2v) is 10.5. The molecule has 1 aromatic carbocycles. The first-order chi connectivity index (χ1) is 16.4. The number of piperazine rings is 1. The van der Waals surface area contributed by atoms with E-state index in [1.807, 2.05) is 59.7 Å². The van der Waals surface area contributed by atoms with Crippen LogP contribution in [-0.2, 0) is 19.1 Å². The zero-order chi connectivity index (χ0) is 26.2. The highest BCUT2D eigenvalue weighted by Gasteiger charge is 2.36. The first-order valence-electron chi connectivity index (χ1n) is 12.2. The van der Waals surface area contributed by atoms with Gasteiger partial charge in [-0.1, -0.05) is 39.8 Å². The molecule has 1 unspecified atom stereocenters. The van der Waals surface area contributed by atoms with Crippen molar-refractivity contribution >= 4 is 35.1 Å². The minimum atomic E-state index is -0.815. The number of nitrogens with one attached hydrogen (secondary N) is 2. The molecule has 0 spiro atoms. The summed E-state index contributed by atoms with van der Waals surface area (Å²) in [6.45, 7) is 13.2. The lowest BCUT2D eigenvalue weighted by atomic mass is 9.87. The van der Waals surface area contributed by atoms with Gasteiger partial charge in [-0.2, -0.15) is 0 Å². The Morgan fingerprint density at radius 3 is 2.69 bits per heavy atom. The molecule has 35 heavy (non-hydrogen) atoms. The highest BCUT2D eigenvalue weighted by Crippen LogP contribution is 2.24. The van der Waals surface area contributed by atoms with Gasteiger partial charge in [-0.15, -0.1) is 0 Å². The fraction of sp³-hybridized carbons (Fsp3) is 0.615. The molecule has 1 aliphatic heterocycles. The molecule has 8 nitrogen and oxygen atoms in total. The van der Waals surface area contributed by atoms with E-state index in [9.17, 15) is 14.4 Å². The molecule has 194 valence electrons. The van der Waals surface area contributed by atoms with Crippen LogP contribution in [0, 0.1) is 25.2 Å². The SMILES string of the molecule is Cc1ccc(C)c(OCCCC(C)(C)C(=O)NC(=S)N2CCNC(=O)C2CC(=O)OCC(C)C)c1. The maximum absolute atomic E-state index is 13.0. The fourth-order valence-corrected chi connectivity index (χ4v) is 3.96. The third kappa shape index (κ3) is 8.80. The molecule has 0 saturated carbocycles. The van der Waals surface area contributed by atoms with E-state index in [4.69, 9.17) is 21.7 Å². The molecule has 1 aromatic rings. The summed E-state index contributed by atoms with van der Waals surface area (Å²) in [5.74, 6) is 0.0430. The summed E-state index contributed by atoms with van der Waals surface area (Å²) < 4.78 is 11.1. The van der Waals surface area contributed by atoms with E-state index in [0.29, 0.717) is 32.5 Å². The standard InChI is InChI=1S/C26H39N3O5S/c1-17(2)16-34-22(30)15-20-23(31)27-11-12-29(20)25(35)28-24(32)26(5,6)10-7-13-33-21-14-18(3)8-9-19(21)4/h8-9,14,17,20H,7,10-13,15-16H2,1-6H3,(H,27,31)(H,28,32,35). The van der Waals surface area contributed by atoms with Gasteiger partial charge in [0.25, 0.3) is 0 Å². The highest BCUT2D eigenvalue weighted by molar-refractivity contribution is 7.80. The molecule has 0 radical (unpaired) electrons. The second kappa shape index (κ2) is 12.9. The van der Waals surface area contributed by atoms with E-state index in [-0.39, 0.29) is 35.9 Å². The topological polar surface area (TPSA) is 97.0 Å². The molecular formula is C26H39N3O5S. The van der Waals surface area contributed by atoms with Gasteiger partial charge >= 0.3 is 5.97 Å². The Balaban J connectivity index is 1.90. The van der Waals surface area contributed by atoms with Crippen LogP contribution in [0.1, 0.15) is 58.1 Å². The number of hydrogen-bond acceptors (Lipinski definition) is 6. The number of carbonyl (C=O) groups is 3. The summed E-state index contributed by atoms with van der Waals surface area (Å²) in [6.07, 6.45) is 1.16. The summed E-state index contributed by atoms with van der Waals surface area (Å²) in [4.78, 5) is 39.3. The van der Waals surface area contributed by atoms with Gasteiger partial charge in [0.1, 0.15) is 11.8 Å². The first-order valence-corrected chi connectivity index (χ1v) is 12.6. The van der Waals surface area contributed by atoms with Gasteiger partial charge in [0.2, 0.25) is 11.8 Å². The molecule has 9 heteroatoms. The number of nitrogens with zero attached hydrogens (tertiary/aromatic N) is 1. The fourth-order valence-electron chi connectivity index (χ4n) is 3.65. The average molecular weight is 506 g/mol. The van der Waals surface area contributed by atoms with E-state index >= 15 is 0 Å². The molecule has 1 saturated heterocycles. The molecule has 2 rings (SSSR count). The van der Waals surface area contributed by atoms with Crippen LogP contribution in [0.2, 0.25) is 0 Å². The van der Waals surface area contributed by atoms with E-state index in [1.54, 1.807) is 4.90 Å². The number of esters is 1. The molecular weight excluding hydrogens is 466 g/mol. The summed E-state index contributed by atoms with van der Waals surface area (Å²) in [5, 5.41) is 5.68. The maximum atomic E-state index is 13.0. The summed E-state index contributed by atoms with van der Waals surface area (Å²) in [7, 11) is 0. The van der Waals surface area contributed by atoms with Gasteiger partial charge in [0.15, 0.2) is 5.11 Å². The molecule has 1 fully saturated rings. The van der Waals surface area contributed by atoms with Crippen molar-refractivity contribution in [2.45, 2.75) is 66.8 Å². The molecule has 0 bridgehead atoms. The largest absolute Gasteiger partial charge is 0.493 e. The Morgan fingerprint density at radius 1 is 1.29 bits per heavy atom. The predicted molar refractivity (Wildman–Crippen MR) is 139 cm³/mol. The van der Waals surface area contributed by atoms with Gasteiger partial charge in [-0.3, -0.25) is 14.4 Å². The third-order valence-electron chi connectivity index (χ3n) is 5.91. The summed E-state index contributed by atoms with van der Waals surface area (Å²) in [6, 6.07) is 5.27. The molecule has 0 aliphatic carbocycles. The van der Waals surface area contributed by atoms with Crippen molar-refractivity contribution in [3.63, 3.8) is 0 Å². The lowest BCUT2D eigenvalue weighted by molar-refractivity contribution is -0.148. The number of aryl methyl sites for hydroxylation is 2. The molecule has 1 atom stereocenters. The third-order valence-corrected chi connectivity index (χ3v) is 6.25. The molecule has 2 amide bonds. The first kappa shape index (κ1) is 28.6. The zero-order valence-corrected chi connectivity index (χ0v) is 22.5. The van der Waals surface area contributed by atoms with E-state index in [1.165, 1.54) is 0 Å². The molecule has 0 aromatic heterocycles. The molecule has 1 heterocycles. The van der Waals surface area contributed by atoms with Crippen LogP contribution < -0.4 is 15.4 Å².